The molecule has 3 rings (SSSR count). The third-order valence-corrected chi connectivity index (χ3v) is 3.64. The zero-order valence-corrected chi connectivity index (χ0v) is 13.5. The van der Waals surface area contributed by atoms with Gasteiger partial charge in [-0.15, -0.1) is 0 Å². The van der Waals surface area contributed by atoms with E-state index in [1.807, 2.05) is 0 Å². The lowest BCUT2D eigenvalue weighted by molar-refractivity contribution is -0.134. The summed E-state index contributed by atoms with van der Waals surface area (Å²) in [6.07, 6.45) is 4.84. The maximum atomic E-state index is 13.6. The van der Waals surface area contributed by atoms with Crippen LogP contribution in [0.15, 0.2) is 47.1 Å². The van der Waals surface area contributed by atoms with Gasteiger partial charge in [-0.25, -0.2) is 14.0 Å². The number of hydrogen-bond acceptors (Lipinski definition) is 4. The molecular formula is C18H18FNO5. The van der Waals surface area contributed by atoms with Crippen LogP contribution in [-0.2, 0) is 9.59 Å². The molecule has 1 unspecified atom stereocenters. The fraction of sp³-hybridized carbons (Fsp3) is 0.222. The van der Waals surface area contributed by atoms with Gasteiger partial charge in [0.2, 0.25) is 0 Å². The number of carboxylic acids is 2. The van der Waals surface area contributed by atoms with Gasteiger partial charge >= 0.3 is 11.9 Å². The van der Waals surface area contributed by atoms with E-state index in [1.54, 1.807) is 18.4 Å². The van der Waals surface area contributed by atoms with Gasteiger partial charge < -0.3 is 19.9 Å². The molecule has 0 fully saturated rings. The highest BCUT2D eigenvalue weighted by Gasteiger charge is 2.18. The van der Waals surface area contributed by atoms with Gasteiger partial charge in [0.15, 0.2) is 0 Å². The van der Waals surface area contributed by atoms with Crippen LogP contribution in [0.3, 0.4) is 0 Å². The third-order valence-electron chi connectivity index (χ3n) is 3.64. The predicted octanol–water partition coefficient (Wildman–Crippen LogP) is 2.91. The lowest BCUT2D eigenvalue weighted by Gasteiger charge is -2.21. The van der Waals surface area contributed by atoms with E-state index in [-0.39, 0.29) is 5.82 Å². The third kappa shape index (κ3) is 5.02. The Bertz CT molecular complexity index is 821. The molecule has 2 heterocycles. The molecule has 0 saturated carbocycles. The molecule has 2 aromatic rings. The number of nitrogens with one attached hydrogen (secondary N) is 1. The molecule has 1 aliphatic heterocycles. The molecule has 0 radical (unpaired) electrons. The quantitative estimate of drug-likeness (QED) is 0.738. The molecule has 3 N–H and O–H groups in total. The Hall–Kier alpha value is -2.93. The highest BCUT2D eigenvalue weighted by molar-refractivity contribution is 5.91. The van der Waals surface area contributed by atoms with Gasteiger partial charge in [-0.2, -0.15) is 0 Å². The van der Waals surface area contributed by atoms with Gasteiger partial charge in [-0.3, -0.25) is 0 Å². The number of benzene rings is 1. The van der Waals surface area contributed by atoms with Crippen molar-refractivity contribution in [2.24, 2.45) is 5.92 Å². The summed E-state index contributed by atoms with van der Waals surface area (Å²) in [6.45, 7) is 3.89. The molecule has 0 bridgehead atoms. The first-order valence-electron chi connectivity index (χ1n) is 7.60. The van der Waals surface area contributed by atoms with Crippen molar-refractivity contribution >= 4 is 28.5 Å². The van der Waals surface area contributed by atoms with Gasteiger partial charge in [0.1, 0.15) is 11.4 Å². The van der Waals surface area contributed by atoms with E-state index in [0.29, 0.717) is 18.1 Å². The molecule has 1 aromatic carbocycles. The first kappa shape index (κ1) is 18.4. The van der Waals surface area contributed by atoms with E-state index in [9.17, 15) is 14.0 Å². The van der Waals surface area contributed by atoms with Crippen LogP contribution in [0, 0.1) is 11.7 Å². The van der Waals surface area contributed by atoms with Crippen molar-refractivity contribution in [3.05, 3.63) is 54.1 Å². The molecule has 1 aliphatic rings. The molecule has 0 aliphatic carbocycles. The Morgan fingerprint density at radius 1 is 1.28 bits per heavy atom. The predicted molar refractivity (Wildman–Crippen MR) is 90.6 cm³/mol. The minimum Gasteiger partial charge on any atom is -0.478 e. The van der Waals surface area contributed by atoms with Crippen molar-refractivity contribution in [1.82, 2.24) is 5.32 Å². The van der Waals surface area contributed by atoms with Crippen LogP contribution in [0.1, 0.15) is 12.5 Å². The Kier molecular flexibility index (Phi) is 6.08. The number of halogens is 1. The molecule has 1 aromatic heterocycles. The van der Waals surface area contributed by atoms with Crippen LogP contribution in [0.25, 0.3) is 16.5 Å². The van der Waals surface area contributed by atoms with E-state index < -0.39 is 11.9 Å². The first-order valence-corrected chi connectivity index (χ1v) is 7.60. The van der Waals surface area contributed by atoms with E-state index >= 15 is 0 Å². The van der Waals surface area contributed by atoms with Gasteiger partial charge in [-0.1, -0.05) is 13.0 Å². The van der Waals surface area contributed by atoms with Gasteiger partial charge in [-0.05, 0) is 29.7 Å². The standard InChI is InChI=1S/C14H14FNO.C4H4O4/c1-9-8-16-4-2-12(9)13-7-11(15)6-10-3-5-17-14(10)13;5-3(6)1-2-4(7)8/h2-3,5-7,9,16H,4,8H2,1H3;1-2H,(H,5,6)(H,7,8). The highest BCUT2D eigenvalue weighted by Crippen LogP contribution is 2.32. The molecule has 7 heteroatoms. The Morgan fingerprint density at radius 2 is 1.96 bits per heavy atom. The Morgan fingerprint density at radius 3 is 2.56 bits per heavy atom. The molecule has 0 amide bonds. The maximum Gasteiger partial charge on any atom is 0.328 e. The van der Waals surface area contributed by atoms with Crippen molar-refractivity contribution < 1.29 is 28.6 Å². The molecular weight excluding hydrogens is 329 g/mol. The van der Waals surface area contributed by atoms with Crippen LogP contribution < -0.4 is 5.32 Å². The van der Waals surface area contributed by atoms with Crippen LogP contribution in [-0.4, -0.2) is 35.2 Å². The molecule has 132 valence electrons. The average Bonchev–Trinajstić information content (AvgIpc) is 3.01. The Balaban J connectivity index is 0.000000242. The number of furan rings is 1. The minimum atomic E-state index is -1.26. The summed E-state index contributed by atoms with van der Waals surface area (Å²) < 4.78 is 19.0. The summed E-state index contributed by atoms with van der Waals surface area (Å²) in [6, 6.07) is 4.88. The molecule has 0 saturated heterocycles. The number of aliphatic carboxylic acids is 2. The van der Waals surface area contributed by atoms with E-state index in [2.05, 4.69) is 18.3 Å². The van der Waals surface area contributed by atoms with Crippen molar-refractivity contribution in [1.29, 1.82) is 0 Å². The van der Waals surface area contributed by atoms with Crippen LogP contribution in [0.4, 0.5) is 4.39 Å². The monoisotopic (exact) mass is 347 g/mol. The molecule has 0 spiro atoms. The molecule has 1 atom stereocenters. The van der Waals surface area contributed by atoms with Crippen molar-refractivity contribution in [3.8, 4) is 0 Å². The molecule has 6 nitrogen and oxygen atoms in total. The van der Waals surface area contributed by atoms with Crippen LogP contribution >= 0.6 is 0 Å². The second-order valence-corrected chi connectivity index (χ2v) is 5.52. The zero-order valence-electron chi connectivity index (χ0n) is 13.5. The first-order chi connectivity index (χ1) is 11.9. The van der Waals surface area contributed by atoms with E-state index in [0.717, 1.165) is 29.6 Å². The van der Waals surface area contributed by atoms with Crippen molar-refractivity contribution in [2.75, 3.05) is 13.1 Å². The lowest BCUT2D eigenvalue weighted by Crippen LogP contribution is -2.27. The zero-order chi connectivity index (χ0) is 18.4. The summed E-state index contributed by atoms with van der Waals surface area (Å²) in [7, 11) is 0. The topological polar surface area (TPSA) is 99.8 Å². The van der Waals surface area contributed by atoms with Gasteiger partial charge in [0.25, 0.3) is 0 Å². The summed E-state index contributed by atoms with van der Waals surface area (Å²) in [5.41, 5.74) is 2.84. The fourth-order valence-corrected chi connectivity index (χ4v) is 2.57. The second kappa shape index (κ2) is 8.25. The van der Waals surface area contributed by atoms with Crippen molar-refractivity contribution in [3.63, 3.8) is 0 Å². The number of hydrogen-bond donors (Lipinski definition) is 3. The SMILES string of the molecule is CC1CNCC=C1c1cc(F)cc2ccoc12.O=C(O)C=CC(=O)O. The normalized spacial score (nSPS) is 17.0. The smallest absolute Gasteiger partial charge is 0.328 e. The number of fused-ring (bicyclic) bond motifs is 1. The van der Waals surface area contributed by atoms with Gasteiger partial charge in [0, 0.05) is 36.2 Å². The summed E-state index contributed by atoms with van der Waals surface area (Å²) in [4.78, 5) is 19.1. The number of carbonyl (C=O) groups is 2. The minimum absolute atomic E-state index is 0.208. The van der Waals surface area contributed by atoms with E-state index in [1.165, 1.54) is 11.6 Å². The lowest BCUT2D eigenvalue weighted by atomic mass is 9.90. The van der Waals surface area contributed by atoms with Gasteiger partial charge in [0.05, 0.1) is 6.26 Å². The average molecular weight is 347 g/mol. The summed E-state index contributed by atoms with van der Waals surface area (Å²) >= 11 is 0. The number of carboxylic acid groups (broad SMARTS) is 2. The largest absolute Gasteiger partial charge is 0.478 e. The van der Waals surface area contributed by atoms with Crippen molar-refractivity contribution in [2.45, 2.75) is 6.92 Å². The maximum absolute atomic E-state index is 13.6. The Labute approximate surface area is 143 Å². The van der Waals surface area contributed by atoms with E-state index in [4.69, 9.17) is 14.6 Å². The second-order valence-electron chi connectivity index (χ2n) is 5.52. The summed E-state index contributed by atoms with van der Waals surface area (Å²) in [5, 5.41) is 19.7. The summed E-state index contributed by atoms with van der Waals surface area (Å²) in [5.74, 6) is -2.35. The van der Waals surface area contributed by atoms with Crippen LogP contribution in [0.5, 0.6) is 0 Å². The molecule has 25 heavy (non-hydrogen) atoms. The van der Waals surface area contributed by atoms with Crippen LogP contribution in [0.2, 0.25) is 0 Å². The fourth-order valence-electron chi connectivity index (χ4n) is 2.57. The number of rotatable bonds is 3. The highest BCUT2D eigenvalue weighted by atomic mass is 19.1.